The maximum atomic E-state index is 12.2. The van der Waals surface area contributed by atoms with Gasteiger partial charge in [-0.25, -0.2) is 4.79 Å². The Kier molecular flexibility index (Phi) is 6.03. The molecule has 116 valence electrons. The molecule has 20 heavy (non-hydrogen) atoms. The van der Waals surface area contributed by atoms with E-state index in [9.17, 15) is 9.59 Å². The summed E-state index contributed by atoms with van der Waals surface area (Å²) in [5, 5.41) is 2.90. The molecule has 0 unspecified atom stereocenters. The molecular formula is C16H29NO3. The number of hydrogen-bond acceptors (Lipinski definition) is 3. The zero-order chi connectivity index (χ0) is 15.3. The van der Waals surface area contributed by atoms with Gasteiger partial charge >= 0.3 is 5.97 Å². The van der Waals surface area contributed by atoms with Gasteiger partial charge in [0.2, 0.25) is 5.91 Å². The molecule has 1 saturated carbocycles. The lowest BCUT2D eigenvalue weighted by Gasteiger charge is -2.26. The molecule has 0 heterocycles. The second-order valence-electron chi connectivity index (χ2n) is 7.21. The minimum absolute atomic E-state index is 0.0130. The monoisotopic (exact) mass is 283 g/mol. The number of carbonyl (C=O) groups excluding carboxylic acids is 2. The van der Waals surface area contributed by atoms with Gasteiger partial charge < -0.3 is 10.1 Å². The van der Waals surface area contributed by atoms with Crippen LogP contribution in [0.15, 0.2) is 0 Å². The van der Waals surface area contributed by atoms with Gasteiger partial charge in [-0.2, -0.15) is 0 Å². The van der Waals surface area contributed by atoms with Crippen LogP contribution in [0.1, 0.15) is 66.7 Å². The maximum Gasteiger partial charge on any atom is 0.329 e. The van der Waals surface area contributed by atoms with Crippen molar-refractivity contribution in [2.45, 2.75) is 78.4 Å². The fraction of sp³-hybridized carbons (Fsp3) is 0.875. The third-order valence-corrected chi connectivity index (χ3v) is 3.44. The van der Waals surface area contributed by atoms with Crippen LogP contribution < -0.4 is 5.32 Å². The second kappa shape index (κ2) is 7.09. The number of hydrogen-bond donors (Lipinski definition) is 1. The third kappa shape index (κ3) is 5.93. The Labute approximate surface area is 122 Å². The van der Waals surface area contributed by atoms with Crippen molar-refractivity contribution in [3.63, 3.8) is 0 Å². The minimum atomic E-state index is -0.526. The molecule has 1 amide bonds. The van der Waals surface area contributed by atoms with E-state index in [-0.39, 0.29) is 17.8 Å². The maximum absolute atomic E-state index is 12.2. The Hall–Kier alpha value is -1.06. The highest BCUT2D eigenvalue weighted by molar-refractivity contribution is 5.86. The Morgan fingerprint density at radius 1 is 1.20 bits per heavy atom. The van der Waals surface area contributed by atoms with Crippen LogP contribution in [0, 0.1) is 11.8 Å². The fourth-order valence-electron chi connectivity index (χ4n) is 2.54. The molecular weight excluding hydrogens is 254 g/mol. The number of carbonyl (C=O) groups is 2. The van der Waals surface area contributed by atoms with Crippen LogP contribution in [0.5, 0.6) is 0 Å². The molecule has 4 nitrogen and oxygen atoms in total. The van der Waals surface area contributed by atoms with Gasteiger partial charge in [0.05, 0.1) is 0 Å². The van der Waals surface area contributed by atoms with Crippen LogP contribution in [-0.2, 0) is 14.3 Å². The van der Waals surface area contributed by atoms with Crippen LogP contribution in [-0.4, -0.2) is 23.5 Å². The molecule has 1 atom stereocenters. The van der Waals surface area contributed by atoms with E-state index >= 15 is 0 Å². The molecule has 1 aliphatic rings. The van der Waals surface area contributed by atoms with Gasteiger partial charge in [0.15, 0.2) is 0 Å². The average Bonchev–Trinajstić information content (AvgIpc) is 2.78. The van der Waals surface area contributed by atoms with E-state index < -0.39 is 11.6 Å². The van der Waals surface area contributed by atoms with E-state index in [2.05, 4.69) is 5.32 Å². The van der Waals surface area contributed by atoms with Gasteiger partial charge in [-0.1, -0.05) is 26.7 Å². The molecule has 0 saturated heterocycles. The quantitative estimate of drug-likeness (QED) is 0.789. The summed E-state index contributed by atoms with van der Waals surface area (Å²) in [5.74, 6) is 0.0973. The summed E-state index contributed by atoms with van der Waals surface area (Å²) in [4.78, 5) is 24.4. The van der Waals surface area contributed by atoms with E-state index in [1.807, 2.05) is 34.6 Å². The standard InChI is InChI=1S/C16H29NO3/c1-11(2)10-13(15(19)20-16(3,4)5)17-14(18)12-8-6-7-9-12/h11-13H,6-10H2,1-5H3,(H,17,18)/t13-/m0/s1. The van der Waals surface area contributed by atoms with Crippen molar-refractivity contribution in [1.29, 1.82) is 0 Å². The lowest BCUT2D eigenvalue weighted by molar-refractivity contribution is -0.159. The highest BCUT2D eigenvalue weighted by Crippen LogP contribution is 2.25. The van der Waals surface area contributed by atoms with Crippen LogP contribution in [0.4, 0.5) is 0 Å². The molecule has 0 aliphatic heterocycles. The Morgan fingerprint density at radius 3 is 2.20 bits per heavy atom. The lowest BCUT2D eigenvalue weighted by atomic mass is 10.0. The van der Waals surface area contributed by atoms with Gasteiger partial charge in [-0.15, -0.1) is 0 Å². The third-order valence-electron chi connectivity index (χ3n) is 3.44. The van der Waals surface area contributed by atoms with Crippen molar-refractivity contribution < 1.29 is 14.3 Å². The molecule has 0 aromatic rings. The average molecular weight is 283 g/mol. The molecule has 1 aliphatic carbocycles. The van der Waals surface area contributed by atoms with Gasteiger partial charge in [-0.05, 0) is 46.0 Å². The van der Waals surface area contributed by atoms with Gasteiger partial charge in [0.25, 0.3) is 0 Å². The summed E-state index contributed by atoms with van der Waals surface area (Å²) in [6, 6.07) is -0.526. The highest BCUT2D eigenvalue weighted by Gasteiger charge is 2.30. The van der Waals surface area contributed by atoms with Crippen LogP contribution in [0.25, 0.3) is 0 Å². The lowest BCUT2D eigenvalue weighted by Crippen LogP contribution is -2.46. The first kappa shape index (κ1) is 17.0. The number of ether oxygens (including phenoxy) is 1. The summed E-state index contributed by atoms with van der Waals surface area (Å²) in [6.07, 6.45) is 4.72. The Bertz CT molecular complexity index is 338. The van der Waals surface area contributed by atoms with E-state index in [0.29, 0.717) is 12.3 Å². The summed E-state index contributed by atoms with van der Waals surface area (Å²) in [7, 11) is 0. The van der Waals surface area contributed by atoms with Crippen molar-refractivity contribution in [2.75, 3.05) is 0 Å². The van der Waals surface area contributed by atoms with Crippen LogP contribution >= 0.6 is 0 Å². The Balaban J connectivity index is 2.63. The first-order chi connectivity index (χ1) is 9.19. The Morgan fingerprint density at radius 2 is 1.75 bits per heavy atom. The second-order valence-corrected chi connectivity index (χ2v) is 7.21. The van der Waals surface area contributed by atoms with E-state index in [1.165, 1.54) is 0 Å². The van der Waals surface area contributed by atoms with Gasteiger partial charge in [0, 0.05) is 5.92 Å². The molecule has 0 spiro atoms. The predicted molar refractivity (Wildman–Crippen MR) is 79.2 cm³/mol. The number of esters is 1. The highest BCUT2D eigenvalue weighted by atomic mass is 16.6. The molecule has 1 fully saturated rings. The fourth-order valence-corrected chi connectivity index (χ4v) is 2.54. The first-order valence-corrected chi connectivity index (χ1v) is 7.72. The van der Waals surface area contributed by atoms with Crippen molar-refractivity contribution in [3.8, 4) is 0 Å². The number of rotatable bonds is 5. The topological polar surface area (TPSA) is 55.4 Å². The zero-order valence-corrected chi connectivity index (χ0v) is 13.5. The molecule has 4 heteroatoms. The molecule has 1 rings (SSSR count). The number of nitrogens with one attached hydrogen (secondary N) is 1. The van der Waals surface area contributed by atoms with Gasteiger partial charge in [-0.3, -0.25) is 4.79 Å². The summed E-state index contributed by atoms with van der Waals surface area (Å²) < 4.78 is 5.41. The normalized spacial score (nSPS) is 18.1. The van der Waals surface area contributed by atoms with Crippen molar-refractivity contribution >= 4 is 11.9 Å². The van der Waals surface area contributed by atoms with Crippen molar-refractivity contribution in [1.82, 2.24) is 5.32 Å². The molecule has 0 aromatic carbocycles. The minimum Gasteiger partial charge on any atom is -0.458 e. The van der Waals surface area contributed by atoms with E-state index in [0.717, 1.165) is 25.7 Å². The molecule has 1 N–H and O–H groups in total. The molecule has 0 aromatic heterocycles. The SMILES string of the molecule is CC(C)C[C@H](NC(=O)C1CCCC1)C(=O)OC(C)(C)C. The zero-order valence-electron chi connectivity index (χ0n) is 13.5. The van der Waals surface area contributed by atoms with E-state index in [1.54, 1.807) is 0 Å². The summed E-state index contributed by atoms with van der Waals surface area (Å²) in [6.45, 7) is 9.61. The van der Waals surface area contributed by atoms with Gasteiger partial charge in [0.1, 0.15) is 11.6 Å². The van der Waals surface area contributed by atoms with Crippen LogP contribution in [0.3, 0.4) is 0 Å². The van der Waals surface area contributed by atoms with E-state index in [4.69, 9.17) is 4.74 Å². The predicted octanol–water partition coefficient (Wildman–Crippen LogP) is 3.05. The van der Waals surface area contributed by atoms with Crippen molar-refractivity contribution in [3.05, 3.63) is 0 Å². The molecule has 0 radical (unpaired) electrons. The van der Waals surface area contributed by atoms with Crippen LogP contribution in [0.2, 0.25) is 0 Å². The number of amides is 1. The largest absolute Gasteiger partial charge is 0.458 e. The summed E-state index contributed by atoms with van der Waals surface area (Å²) >= 11 is 0. The smallest absolute Gasteiger partial charge is 0.329 e. The molecule has 0 bridgehead atoms. The summed E-state index contributed by atoms with van der Waals surface area (Å²) in [5.41, 5.74) is -0.523. The first-order valence-electron chi connectivity index (χ1n) is 7.72. The van der Waals surface area contributed by atoms with Crippen molar-refractivity contribution in [2.24, 2.45) is 11.8 Å².